The van der Waals surface area contributed by atoms with Gasteiger partial charge in [0.25, 0.3) is 5.91 Å². The minimum atomic E-state index is -0.244. The van der Waals surface area contributed by atoms with Crippen molar-refractivity contribution < 1.29 is 9.59 Å². The summed E-state index contributed by atoms with van der Waals surface area (Å²) in [6.07, 6.45) is 3.27. The van der Waals surface area contributed by atoms with E-state index in [2.05, 4.69) is 36.5 Å². The molecule has 0 spiro atoms. The summed E-state index contributed by atoms with van der Waals surface area (Å²) in [5.74, 6) is 0.812. The fraction of sp³-hybridized carbons (Fsp3) is 0.526. The first kappa shape index (κ1) is 24.7. The molecule has 1 fully saturated rings. The Bertz CT molecular complexity index is 669. The van der Waals surface area contributed by atoms with Crippen LogP contribution in [0.5, 0.6) is 0 Å². The minimum Gasteiger partial charge on any atom is -0.370 e. The lowest BCUT2D eigenvalue weighted by Gasteiger charge is -2.34. The van der Waals surface area contributed by atoms with Crippen LogP contribution in [0.1, 0.15) is 36.0 Å². The van der Waals surface area contributed by atoms with E-state index in [1.54, 1.807) is 19.2 Å². The Kier molecular flexibility index (Phi) is 11.4. The van der Waals surface area contributed by atoms with Gasteiger partial charge in [0.05, 0.1) is 0 Å². The highest BCUT2D eigenvalue weighted by atomic mass is 127. The first-order valence-electron chi connectivity index (χ1n) is 9.27. The van der Waals surface area contributed by atoms with Crippen molar-refractivity contribution >= 4 is 57.7 Å². The quantitative estimate of drug-likeness (QED) is 0.204. The Morgan fingerprint density at radius 3 is 2.57 bits per heavy atom. The van der Waals surface area contributed by atoms with E-state index in [0.717, 1.165) is 42.8 Å². The number of aliphatic imine (C=N–C) groups is 1. The second-order valence-electron chi connectivity index (χ2n) is 6.72. The van der Waals surface area contributed by atoms with Crippen LogP contribution in [0.4, 0.5) is 0 Å². The smallest absolute Gasteiger partial charge is 0.251 e. The molecule has 1 aromatic carbocycles. The van der Waals surface area contributed by atoms with Gasteiger partial charge >= 0.3 is 0 Å². The second-order valence-corrected chi connectivity index (χ2v) is 7.63. The molecule has 7 nitrogen and oxygen atoms in total. The van der Waals surface area contributed by atoms with Crippen LogP contribution < -0.4 is 16.4 Å². The molecular formula is C19H29BrIN5O2. The molecule has 0 saturated carbocycles. The number of nitrogens with two attached hydrogens (primary N) is 1. The van der Waals surface area contributed by atoms with E-state index < -0.39 is 0 Å². The van der Waals surface area contributed by atoms with Crippen molar-refractivity contribution in [1.82, 2.24) is 15.5 Å². The number of carbonyl (C=O) groups is 2. The molecule has 1 heterocycles. The van der Waals surface area contributed by atoms with Gasteiger partial charge in [-0.15, -0.1) is 24.0 Å². The lowest BCUT2D eigenvalue weighted by atomic mass is 9.95. The van der Waals surface area contributed by atoms with Gasteiger partial charge in [0.1, 0.15) is 0 Å². The summed E-state index contributed by atoms with van der Waals surface area (Å²) in [4.78, 5) is 29.7. The number of carbonyl (C=O) groups excluding carboxylic acids is 2. The molecule has 1 saturated heterocycles. The number of hydrogen-bond donors (Lipinski definition) is 3. The van der Waals surface area contributed by atoms with Crippen LogP contribution in [-0.4, -0.2) is 55.9 Å². The molecule has 0 aliphatic carbocycles. The van der Waals surface area contributed by atoms with Crippen LogP contribution in [0, 0.1) is 5.92 Å². The molecule has 2 rings (SSSR count). The Hall–Kier alpha value is -1.36. The summed E-state index contributed by atoms with van der Waals surface area (Å²) in [6, 6.07) is 7.28. The summed E-state index contributed by atoms with van der Waals surface area (Å²) in [5.41, 5.74) is 5.97. The van der Waals surface area contributed by atoms with Gasteiger partial charge in [0.15, 0.2) is 5.96 Å². The van der Waals surface area contributed by atoms with Crippen molar-refractivity contribution in [1.29, 1.82) is 0 Å². The van der Waals surface area contributed by atoms with Gasteiger partial charge in [-0.2, -0.15) is 0 Å². The zero-order valence-electron chi connectivity index (χ0n) is 16.1. The van der Waals surface area contributed by atoms with Crippen molar-refractivity contribution in [3.8, 4) is 0 Å². The molecule has 1 aliphatic heterocycles. The third-order valence-corrected chi connectivity index (χ3v) is 5.08. The number of hydrogen-bond acceptors (Lipinski definition) is 3. The van der Waals surface area contributed by atoms with E-state index in [1.807, 2.05) is 12.1 Å². The normalized spacial score (nSPS) is 16.9. The summed E-state index contributed by atoms with van der Waals surface area (Å²) in [6.45, 7) is 3.02. The van der Waals surface area contributed by atoms with Gasteiger partial charge < -0.3 is 21.3 Å². The fourth-order valence-electron chi connectivity index (χ4n) is 3.23. The van der Waals surface area contributed by atoms with Gasteiger partial charge in [-0.05, 0) is 49.4 Å². The Morgan fingerprint density at radius 2 is 1.93 bits per heavy atom. The molecule has 9 heteroatoms. The molecule has 0 radical (unpaired) electrons. The molecule has 156 valence electrons. The number of primary amides is 1. The predicted molar refractivity (Wildman–Crippen MR) is 126 cm³/mol. The third kappa shape index (κ3) is 8.34. The Balaban J connectivity index is 0.00000392. The van der Waals surface area contributed by atoms with Crippen LogP contribution in [0.2, 0.25) is 0 Å². The SMILES string of the molecule is CN=C(NCCCNC(=O)c1ccc(Br)cc1)N1CCCC(CC(N)=O)C1.I. The zero-order chi connectivity index (χ0) is 19.6. The number of guanidine groups is 1. The number of halogens is 2. The highest BCUT2D eigenvalue weighted by Gasteiger charge is 2.23. The van der Waals surface area contributed by atoms with Crippen LogP contribution in [0.15, 0.2) is 33.7 Å². The maximum atomic E-state index is 12.1. The monoisotopic (exact) mass is 565 g/mol. The average Bonchev–Trinajstić information content (AvgIpc) is 2.64. The van der Waals surface area contributed by atoms with Crippen LogP contribution >= 0.6 is 39.9 Å². The highest BCUT2D eigenvalue weighted by Crippen LogP contribution is 2.19. The van der Waals surface area contributed by atoms with Crippen LogP contribution in [0.3, 0.4) is 0 Å². The number of nitrogens with zero attached hydrogens (tertiary/aromatic N) is 2. The van der Waals surface area contributed by atoms with Gasteiger partial charge in [0.2, 0.25) is 5.91 Å². The maximum absolute atomic E-state index is 12.1. The van der Waals surface area contributed by atoms with Crippen LogP contribution in [-0.2, 0) is 4.79 Å². The minimum absolute atomic E-state index is 0. The summed E-state index contributed by atoms with van der Waals surface area (Å²) >= 11 is 3.36. The topological polar surface area (TPSA) is 99.8 Å². The molecule has 28 heavy (non-hydrogen) atoms. The van der Waals surface area contributed by atoms with Crippen molar-refractivity contribution in [2.45, 2.75) is 25.7 Å². The van der Waals surface area contributed by atoms with Crippen molar-refractivity contribution in [3.05, 3.63) is 34.3 Å². The molecule has 4 N–H and O–H groups in total. The number of likely N-dealkylation sites (tertiary alicyclic amines) is 1. The lowest BCUT2D eigenvalue weighted by Crippen LogP contribution is -2.47. The molecular weight excluding hydrogens is 537 g/mol. The van der Waals surface area contributed by atoms with Crippen molar-refractivity contribution in [2.75, 3.05) is 33.2 Å². The molecule has 1 atom stereocenters. The van der Waals surface area contributed by atoms with Gasteiger partial charge in [-0.1, -0.05) is 15.9 Å². The third-order valence-electron chi connectivity index (χ3n) is 4.55. The number of rotatable bonds is 7. The molecule has 0 bridgehead atoms. The van der Waals surface area contributed by atoms with E-state index in [-0.39, 0.29) is 35.8 Å². The number of benzene rings is 1. The van der Waals surface area contributed by atoms with Crippen molar-refractivity contribution in [2.24, 2.45) is 16.6 Å². The standard InChI is InChI=1S/C19H28BrN5O2.HI/c1-22-19(25-11-2-4-14(13-25)12-17(21)26)24-10-3-9-23-18(27)15-5-7-16(20)8-6-15;/h5-8,14H,2-4,9-13H2,1H3,(H2,21,26)(H,22,24)(H,23,27);1H. The summed E-state index contributed by atoms with van der Waals surface area (Å²) in [5, 5.41) is 6.26. The number of piperidine rings is 1. The van der Waals surface area contributed by atoms with E-state index in [1.165, 1.54) is 0 Å². The van der Waals surface area contributed by atoms with Crippen LogP contribution in [0.25, 0.3) is 0 Å². The van der Waals surface area contributed by atoms with Gasteiger partial charge in [0, 0.05) is 49.7 Å². The zero-order valence-corrected chi connectivity index (χ0v) is 20.0. The predicted octanol–water partition coefficient (Wildman–Crippen LogP) is 2.35. The maximum Gasteiger partial charge on any atom is 0.251 e. The largest absolute Gasteiger partial charge is 0.370 e. The Morgan fingerprint density at radius 1 is 1.25 bits per heavy atom. The molecule has 1 aliphatic rings. The lowest BCUT2D eigenvalue weighted by molar-refractivity contribution is -0.119. The Labute approximate surface area is 192 Å². The fourth-order valence-corrected chi connectivity index (χ4v) is 3.50. The highest BCUT2D eigenvalue weighted by molar-refractivity contribution is 14.0. The molecule has 2 amide bonds. The molecule has 1 aromatic rings. The van der Waals surface area contributed by atoms with Crippen molar-refractivity contribution in [3.63, 3.8) is 0 Å². The average molecular weight is 566 g/mol. The number of nitrogens with one attached hydrogen (secondary N) is 2. The van der Waals surface area contributed by atoms with Gasteiger partial charge in [-0.3, -0.25) is 14.6 Å². The van der Waals surface area contributed by atoms with Gasteiger partial charge in [-0.25, -0.2) is 0 Å². The van der Waals surface area contributed by atoms with E-state index >= 15 is 0 Å². The first-order valence-corrected chi connectivity index (χ1v) is 10.1. The van der Waals surface area contributed by atoms with E-state index in [4.69, 9.17) is 5.73 Å². The first-order chi connectivity index (χ1) is 13.0. The summed E-state index contributed by atoms with van der Waals surface area (Å²) < 4.78 is 0.949. The van der Waals surface area contributed by atoms with E-state index in [9.17, 15) is 9.59 Å². The molecule has 1 unspecified atom stereocenters. The number of amides is 2. The second kappa shape index (κ2) is 13.0. The summed E-state index contributed by atoms with van der Waals surface area (Å²) in [7, 11) is 1.76. The molecule has 0 aromatic heterocycles. The van der Waals surface area contributed by atoms with E-state index in [0.29, 0.717) is 31.0 Å².